The number of halogens is 3. The van der Waals surface area contributed by atoms with Gasteiger partial charge in [0.2, 0.25) is 5.95 Å². The minimum absolute atomic E-state index is 0.00712. The summed E-state index contributed by atoms with van der Waals surface area (Å²) in [6, 6.07) is 7.98. The third-order valence-electron chi connectivity index (χ3n) is 6.07. The number of nitrogens with one attached hydrogen (secondary N) is 3. The molecule has 1 heterocycles. The van der Waals surface area contributed by atoms with E-state index in [0.29, 0.717) is 44.6 Å². The van der Waals surface area contributed by atoms with Crippen molar-refractivity contribution in [2.75, 3.05) is 5.32 Å². The van der Waals surface area contributed by atoms with Crippen LogP contribution in [0.2, 0.25) is 10.0 Å². The average Bonchev–Trinajstić information content (AvgIpc) is 3.11. The molecule has 0 radical (unpaired) electrons. The molecule has 2 aromatic carbocycles. The minimum atomic E-state index is -0.591. The Balaban J connectivity index is 1.50. The third kappa shape index (κ3) is 4.80. The third-order valence-corrected chi connectivity index (χ3v) is 6.70. The van der Waals surface area contributed by atoms with Crippen molar-refractivity contribution in [3.63, 3.8) is 0 Å². The molecular formula is C23H25Cl2FN4O. The van der Waals surface area contributed by atoms with Crippen molar-refractivity contribution in [2.45, 2.75) is 45.6 Å². The quantitative estimate of drug-likeness (QED) is 0.395. The molecule has 4 rings (SSSR count). The van der Waals surface area contributed by atoms with Crippen LogP contribution in [0.1, 0.15) is 49.9 Å². The molecule has 164 valence electrons. The second-order valence-corrected chi connectivity index (χ2v) is 9.30. The van der Waals surface area contributed by atoms with Gasteiger partial charge in [0.25, 0.3) is 5.91 Å². The number of hydrogen-bond donors (Lipinski definition) is 3. The van der Waals surface area contributed by atoms with Gasteiger partial charge in [-0.05, 0) is 55.7 Å². The number of imidazole rings is 1. The van der Waals surface area contributed by atoms with Gasteiger partial charge in [-0.15, -0.1) is 0 Å². The number of carbonyl (C=O) groups excluding carboxylic acids is 1. The largest absolute Gasteiger partial charge is 0.349 e. The molecule has 0 spiro atoms. The van der Waals surface area contributed by atoms with Crippen LogP contribution in [0, 0.1) is 17.7 Å². The second kappa shape index (κ2) is 9.05. The van der Waals surface area contributed by atoms with Crippen molar-refractivity contribution in [2.24, 2.45) is 11.8 Å². The summed E-state index contributed by atoms with van der Waals surface area (Å²) in [5, 5.41) is 6.89. The number of nitrogens with zero attached hydrogens (tertiary/aromatic N) is 1. The summed E-state index contributed by atoms with van der Waals surface area (Å²) in [6.45, 7) is 4.47. The molecule has 1 aliphatic rings. The standard InChI is InChI=1S/C23H25Cl2FN4O/c1-12(2)13-6-8-14(9-7-13)27-22(31)15-10-19-20(11-18(15)26)29-23(28-19)30-21-16(24)4-3-5-17(21)25/h3-5,10-14H,6-9H2,1-2H3,(H,27,31)(H2,28,29,30). The SMILES string of the molecule is CC(C)C1CCC(NC(=O)c2cc3nc(Nc4c(Cl)cccc4Cl)[nH]c3cc2F)CC1. The Morgan fingerprint density at radius 2 is 1.84 bits per heavy atom. The summed E-state index contributed by atoms with van der Waals surface area (Å²) >= 11 is 12.4. The molecule has 1 fully saturated rings. The van der Waals surface area contributed by atoms with Crippen molar-refractivity contribution >= 4 is 51.8 Å². The van der Waals surface area contributed by atoms with Crippen molar-refractivity contribution < 1.29 is 9.18 Å². The fourth-order valence-electron chi connectivity index (χ4n) is 4.19. The number of para-hydroxylation sites is 1. The van der Waals surface area contributed by atoms with Gasteiger partial charge in [0, 0.05) is 12.1 Å². The Morgan fingerprint density at radius 1 is 1.16 bits per heavy atom. The van der Waals surface area contributed by atoms with Crippen LogP contribution in [-0.4, -0.2) is 21.9 Å². The molecule has 0 unspecified atom stereocenters. The lowest BCUT2D eigenvalue weighted by Gasteiger charge is -2.31. The lowest BCUT2D eigenvalue weighted by molar-refractivity contribution is 0.0914. The van der Waals surface area contributed by atoms with E-state index in [2.05, 4.69) is 34.4 Å². The average molecular weight is 463 g/mol. The Kier molecular flexibility index (Phi) is 6.39. The first kappa shape index (κ1) is 21.9. The summed E-state index contributed by atoms with van der Waals surface area (Å²) in [4.78, 5) is 20.2. The molecule has 0 aliphatic heterocycles. The van der Waals surface area contributed by atoms with Crippen molar-refractivity contribution in [3.8, 4) is 0 Å². The molecule has 1 aliphatic carbocycles. The summed E-state index contributed by atoms with van der Waals surface area (Å²) in [7, 11) is 0. The van der Waals surface area contributed by atoms with E-state index in [0.717, 1.165) is 25.7 Å². The Bertz CT molecular complexity index is 1090. The smallest absolute Gasteiger partial charge is 0.254 e. The van der Waals surface area contributed by atoms with Crippen LogP contribution in [0.3, 0.4) is 0 Å². The van der Waals surface area contributed by atoms with Gasteiger partial charge in [-0.1, -0.05) is 43.1 Å². The number of aromatic nitrogens is 2. The zero-order chi connectivity index (χ0) is 22.1. The number of anilines is 2. The number of hydrogen-bond acceptors (Lipinski definition) is 3. The van der Waals surface area contributed by atoms with Gasteiger partial charge in [-0.3, -0.25) is 4.79 Å². The molecule has 8 heteroatoms. The maximum absolute atomic E-state index is 14.7. The molecule has 3 aromatic rings. The van der Waals surface area contributed by atoms with E-state index in [1.807, 2.05) is 0 Å². The number of carbonyl (C=O) groups is 1. The van der Waals surface area contributed by atoms with Crippen LogP contribution >= 0.6 is 23.2 Å². The van der Waals surface area contributed by atoms with Crippen LogP contribution in [0.5, 0.6) is 0 Å². The van der Waals surface area contributed by atoms with E-state index in [-0.39, 0.29) is 11.6 Å². The number of aromatic amines is 1. The van der Waals surface area contributed by atoms with Gasteiger partial charge in [0.15, 0.2) is 0 Å². The van der Waals surface area contributed by atoms with E-state index in [1.54, 1.807) is 18.2 Å². The summed E-state index contributed by atoms with van der Waals surface area (Å²) in [5.74, 6) is 0.710. The van der Waals surface area contributed by atoms with Gasteiger partial charge in [-0.2, -0.15) is 0 Å². The van der Waals surface area contributed by atoms with Crippen molar-refractivity contribution in [1.29, 1.82) is 0 Å². The van der Waals surface area contributed by atoms with Crippen LogP contribution < -0.4 is 10.6 Å². The van der Waals surface area contributed by atoms with E-state index in [9.17, 15) is 9.18 Å². The van der Waals surface area contributed by atoms with Gasteiger partial charge >= 0.3 is 0 Å². The first-order valence-electron chi connectivity index (χ1n) is 10.5. The van der Waals surface area contributed by atoms with E-state index >= 15 is 0 Å². The fraction of sp³-hybridized carbons (Fsp3) is 0.391. The molecule has 1 saturated carbocycles. The lowest BCUT2D eigenvalue weighted by Crippen LogP contribution is -2.38. The number of H-pyrrole nitrogens is 1. The monoisotopic (exact) mass is 462 g/mol. The Hall–Kier alpha value is -2.31. The van der Waals surface area contributed by atoms with Crippen LogP contribution in [0.15, 0.2) is 30.3 Å². The van der Waals surface area contributed by atoms with Crippen molar-refractivity contribution in [1.82, 2.24) is 15.3 Å². The maximum atomic E-state index is 14.7. The number of rotatable bonds is 5. The molecule has 3 N–H and O–H groups in total. The molecule has 5 nitrogen and oxygen atoms in total. The van der Waals surface area contributed by atoms with Crippen molar-refractivity contribution in [3.05, 3.63) is 51.8 Å². The first-order valence-corrected chi connectivity index (χ1v) is 11.3. The van der Waals surface area contributed by atoms with Gasteiger partial charge in [-0.25, -0.2) is 9.37 Å². The fourth-order valence-corrected chi connectivity index (χ4v) is 4.68. The molecular weight excluding hydrogens is 438 g/mol. The van der Waals surface area contributed by atoms with Crippen LogP contribution in [-0.2, 0) is 0 Å². The molecule has 31 heavy (non-hydrogen) atoms. The number of fused-ring (bicyclic) bond motifs is 1. The highest BCUT2D eigenvalue weighted by molar-refractivity contribution is 6.39. The predicted molar refractivity (Wildman–Crippen MR) is 124 cm³/mol. The van der Waals surface area contributed by atoms with Crippen LogP contribution in [0.4, 0.5) is 16.0 Å². The summed E-state index contributed by atoms with van der Waals surface area (Å²) in [6.07, 6.45) is 4.02. The number of benzene rings is 2. The van der Waals surface area contributed by atoms with E-state index in [4.69, 9.17) is 23.2 Å². The van der Waals surface area contributed by atoms with Crippen LogP contribution in [0.25, 0.3) is 11.0 Å². The molecule has 1 aromatic heterocycles. The van der Waals surface area contributed by atoms with E-state index in [1.165, 1.54) is 12.1 Å². The molecule has 0 saturated heterocycles. The topological polar surface area (TPSA) is 69.8 Å². The summed E-state index contributed by atoms with van der Waals surface area (Å²) in [5.41, 5.74) is 1.44. The van der Waals surface area contributed by atoms with Gasteiger partial charge in [0.05, 0.1) is 32.3 Å². The zero-order valence-electron chi connectivity index (χ0n) is 17.4. The predicted octanol–water partition coefficient (Wildman–Crippen LogP) is 6.70. The van der Waals surface area contributed by atoms with Gasteiger partial charge < -0.3 is 15.6 Å². The van der Waals surface area contributed by atoms with E-state index < -0.39 is 11.7 Å². The number of amides is 1. The highest BCUT2D eigenvalue weighted by Crippen LogP contribution is 2.33. The Morgan fingerprint density at radius 3 is 2.48 bits per heavy atom. The Labute approximate surface area is 190 Å². The second-order valence-electron chi connectivity index (χ2n) is 8.49. The van der Waals surface area contributed by atoms with Gasteiger partial charge in [0.1, 0.15) is 5.82 Å². The highest BCUT2D eigenvalue weighted by atomic mass is 35.5. The lowest BCUT2D eigenvalue weighted by atomic mass is 9.79. The molecule has 0 atom stereocenters. The normalized spacial score (nSPS) is 19.0. The zero-order valence-corrected chi connectivity index (χ0v) is 18.9. The molecule has 1 amide bonds. The molecule has 0 bridgehead atoms. The minimum Gasteiger partial charge on any atom is -0.349 e. The maximum Gasteiger partial charge on any atom is 0.254 e. The summed E-state index contributed by atoms with van der Waals surface area (Å²) < 4.78 is 14.7. The highest BCUT2D eigenvalue weighted by Gasteiger charge is 2.25. The first-order chi connectivity index (χ1) is 14.8.